The number of carbonyl (C=O) groups is 1. The van der Waals surface area contributed by atoms with E-state index in [-0.39, 0.29) is 12.2 Å². The van der Waals surface area contributed by atoms with Crippen LogP contribution < -0.4 is 0 Å². The van der Waals surface area contributed by atoms with Crippen LogP contribution >= 0.6 is 0 Å². The summed E-state index contributed by atoms with van der Waals surface area (Å²) in [7, 11) is 0. The molecule has 1 aromatic heterocycles. The fraction of sp³-hybridized carbons (Fsp3) is 0.167. The van der Waals surface area contributed by atoms with Gasteiger partial charge < -0.3 is 9.67 Å². The molecular weight excluding hydrogens is 204 g/mol. The molecule has 0 amide bonds. The molecule has 0 aliphatic rings. The first-order chi connectivity index (χ1) is 7.63. The predicted molar refractivity (Wildman–Crippen MR) is 59.2 cm³/mol. The SMILES string of the molecule is Cc1ccc2cc(C(=O)O)n(CC#N)c2c1. The van der Waals surface area contributed by atoms with Gasteiger partial charge in [0, 0.05) is 10.9 Å². The van der Waals surface area contributed by atoms with Crippen molar-refractivity contribution >= 4 is 16.9 Å². The maximum Gasteiger partial charge on any atom is 0.352 e. The van der Waals surface area contributed by atoms with Crippen molar-refractivity contribution in [2.75, 3.05) is 0 Å². The fourth-order valence-electron chi connectivity index (χ4n) is 1.78. The Hall–Kier alpha value is -2.28. The molecule has 0 spiro atoms. The molecule has 4 heteroatoms. The van der Waals surface area contributed by atoms with E-state index >= 15 is 0 Å². The van der Waals surface area contributed by atoms with Gasteiger partial charge in [-0.3, -0.25) is 0 Å². The number of nitriles is 1. The minimum Gasteiger partial charge on any atom is -0.477 e. The van der Waals surface area contributed by atoms with Gasteiger partial charge in [-0.1, -0.05) is 12.1 Å². The molecule has 0 aliphatic heterocycles. The van der Waals surface area contributed by atoms with Crippen LogP contribution in [0.4, 0.5) is 0 Å². The van der Waals surface area contributed by atoms with Crippen molar-refractivity contribution in [2.45, 2.75) is 13.5 Å². The van der Waals surface area contributed by atoms with Crippen LogP contribution in [0.2, 0.25) is 0 Å². The van der Waals surface area contributed by atoms with Crippen molar-refractivity contribution in [1.82, 2.24) is 4.57 Å². The van der Waals surface area contributed by atoms with Crippen LogP contribution in [0.25, 0.3) is 10.9 Å². The molecular formula is C12H10N2O2. The van der Waals surface area contributed by atoms with E-state index in [0.717, 1.165) is 16.5 Å². The van der Waals surface area contributed by atoms with Gasteiger partial charge >= 0.3 is 5.97 Å². The van der Waals surface area contributed by atoms with E-state index in [0.29, 0.717) is 0 Å². The first-order valence-electron chi connectivity index (χ1n) is 4.83. The van der Waals surface area contributed by atoms with E-state index in [1.807, 2.05) is 31.2 Å². The average molecular weight is 214 g/mol. The minimum absolute atomic E-state index is 0.0502. The number of hydrogen-bond donors (Lipinski definition) is 1. The number of aromatic carboxylic acids is 1. The summed E-state index contributed by atoms with van der Waals surface area (Å²) < 4.78 is 1.52. The summed E-state index contributed by atoms with van der Waals surface area (Å²) in [6.45, 7) is 1.98. The number of fused-ring (bicyclic) bond motifs is 1. The van der Waals surface area contributed by atoms with Crippen molar-refractivity contribution in [3.8, 4) is 6.07 Å². The lowest BCUT2D eigenvalue weighted by Crippen LogP contribution is -2.07. The third-order valence-electron chi connectivity index (χ3n) is 2.51. The molecule has 0 fully saturated rings. The molecule has 2 aromatic rings. The largest absolute Gasteiger partial charge is 0.477 e. The molecule has 0 atom stereocenters. The number of aryl methyl sites for hydroxylation is 1. The average Bonchev–Trinajstić information content (AvgIpc) is 2.58. The van der Waals surface area contributed by atoms with Crippen LogP contribution in [-0.4, -0.2) is 15.6 Å². The molecule has 4 nitrogen and oxygen atoms in total. The normalized spacial score (nSPS) is 10.2. The molecule has 0 saturated carbocycles. The second-order valence-corrected chi connectivity index (χ2v) is 3.64. The lowest BCUT2D eigenvalue weighted by Gasteiger charge is -2.02. The zero-order chi connectivity index (χ0) is 11.7. The lowest BCUT2D eigenvalue weighted by molar-refractivity contribution is 0.0686. The Kier molecular flexibility index (Phi) is 2.37. The third kappa shape index (κ3) is 1.52. The molecule has 1 heterocycles. The summed E-state index contributed by atoms with van der Waals surface area (Å²) >= 11 is 0. The Morgan fingerprint density at radius 1 is 1.50 bits per heavy atom. The second kappa shape index (κ2) is 3.70. The van der Waals surface area contributed by atoms with Crippen LogP contribution in [0.15, 0.2) is 24.3 Å². The summed E-state index contributed by atoms with van der Waals surface area (Å²) in [5.41, 5.74) is 1.99. The number of benzene rings is 1. The lowest BCUT2D eigenvalue weighted by atomic mass is 10.2. The van der Waals surface area contributed by atoms with Gasteiger partial charge in [0.05, 0.1) is 6.07 Å². The van der Waals surface area contributed by atoms with E-state index in [4.69, 9.17) is 10.4 Å². The number of rotatable bonds is 2. The van der Waals surface area contributed by atoms with Crippen molar-refractivity contribution < 1.29 is 9.90 Å². The summed E-state index contributed by atoms with van der Waals surface area (Å²) in [4.78, 5) is 11.0. The first-order valence-corrected chi connectivity index (χ1v) is 4.83. The number of aromatic nitrogens is 1. The molecule has 0 aliphatic carbocycles. The molecule has 1 aromatic carbocycles. The van der Waals surface area contributed by atoms with Crippen molar-refractivity contribution in [3.05, 3.63) is 35.5 Å². The van der Waals surface area contributed by atoms with Crippen LogP contribution in [0.5, 0.6) is 0 Å². The molecule has 16 heavy (non-hydrogen) atoms. The van der Waals surface area contributed by atoms with Crippen molar-refractivity contribution in [1.29, 1.82) is 5.26 Å². The molecule has 2 rings (SSSR count). The Balaban J connectivity index is 2.78. The van der Waals surface area contributed by atoms with Gasteiger partial charge in [-0.05, 0) is 24.6 Å². The number of nitrogens with zero attached hydrogens (tertiary/aromatic N) is 2. The van der Waals surface area contributed by atoms with Gasteiger partial charge in [0.15, 0.2) is 0 Å². The predicted octanol–water partition coefficient (Wildman–Crippen LogP) is 2.17. The zero-order valence-electron chi connectivity index (χ0n) is 8.77. The monoisotopic (exact) mass is 214 g/mol. The quantitative estimate of drug-likeness (QED) is 0.833. The topological polar surface area (TPSA) is 66.0 Å². The van der Waals surface area contributed by atoms with Gasteiger partial charge in [0.2, 0.25) is 0 Å². The molecule has 0 unspecified atom stereocenters. The minimum atomic E-state index is -1.01. The standard InChI is InChI=1S/C12H10N2O2/c1-8-2-3-9-7-11(12(15)16)14(5-4-13)10(9)6-8/h2-3,6-7H,5H2,1H3,(H,15,16). The molecule has 0 bridgehead atoms. The zero-order valence-corrected chi connectivity index (χ0v) is 8.77. The van der Waals surface area contributed by atoms with Crippen LogP contribution in [0, 0.1) is 18.3 Å². The van der Waals surface area contributed by atoms with Gasteiger partial charge in [-0.25, -0.2) is 4.79 Å². The Bertz CT molecular complexity index is 605. The second-order valence-electron chi connectivity index (χ2n) is 3.64. The van der Waals surface area contributed by atoms with E-state index in [9.17, 15) is 4.79 Å². The molecule has 0 radical (unpaired) electrons. The van der Waals surface area contributed by atoms with Gasteiger partial charge in [-0.15, -0.1) is 0 Å². The van der Waals surface area contributed by atoms with Crippen molar-refractivity contribution in [3.63, 3.8) is 0 Å². The third-order valence-corrected chi connectivity index (χ3v) is 2.51. The number of carboxylic acid groups (broad SMARTS) is 1. The van der Waals surface area contributed by atoms with Crippen LogP contribution in [0.3, 0.4) is 0 Å². The molecule has 80 valence electrons. The first kappa shape index (κ1) is 10.2. The highest BCUT2D eigenvalue weighted by atomic mass is 16.4. The Morgan fingerprint density at radius 2 is 2.25 bits per heavy atom. The maximum absolute atomic E-state index is 11.0. The summed E-state index contributed by atoms with van der Waals surface area (Å²) in [5, 5.41) is 18.6. The summed E-state index contributed by atoms with van der Waals surface area (Å²) in [5.74, 6) is -1.01. The highest BCUT2D eigenvalue weighted by Crippen LogP contribution is 2.21. The summed E-state index contributed by atoms with van der Waals surface area (Å²) in [6.07, 6.45) is 0. The number of carboxylic acids is 1. The van der Waals surface area contributed by atoms with Crippen molar-refractivity contribution in [2.24, 2.45) is 0 Å². The number of hydrogen-bond acceptors (Lipinski definition) is 2. The van der Waals surface area contributed by atoms with Gasteiger partial charge in [0.1, 0.15) is 12.2 Å². The van der Waals surface area contributed by atoms with Crippen LogP contribution in [-0.2, 0) is 6.54 Å². The maximum atomic E-state index is 11.0. The fourth-order valence-corrected chi connectivity index (χ4v) is 1.78. The van der Waals surface area contributed by atoms with Crippen LogP contribution in [0.1, 0.15) is 16.1 Å². The molecule has 1 N–H and O–H groups in total. The van der Waals surface area contributed by atoms with E-state index < -0.39 is 5.97 Å². The van der Waals surface area contributed by atoms with E-state index in [1.54, 1.807) is 6.07 Å². The smallest absolute Gasteiger partial charge is 0.352 e. The van der Waals surface area contributed by atoms with E-state index in [1.165, 1.54) is 4.57 Å². The highest BCUT2D eigenvalue weighted by Gasteiger charge is 2.13. The summed E-state index contributed by atoms with van der Waals surface area (Å²) in [6, 6.07) is 9.24. The van der Waals surface area contributed by atoms with Gasteiger partial charge in [0.25, 0.3) is 0 Å². The Morgan fingerprint density at radius 3 is 2.88 bits per heavy atom. The van der Waals surface area contributed by atoms with E-state index in [2.05, 4.69) is 0 Å². The molecule has 0 saturated heterocycles. The van der Waals surface area contributed by atoms with Gasteiger partial charge in [-0.2, -0.15) is 5.26 Å². The highest BCUT2D eigenvalue weighted by molar-refractivity contribution is 5.94. The Labute approximate surface area is 92.3 Å².